The summed E-state index contributed by atoms with van der Waals surface area (Å²) in [7, 11) is 0. The normalized spacial score (nSPS) is 12.0. The predicted octanol–water partition coefficient (Wildman–Crippen LogP) is 1.67. The van der Waals surface area contributed by atoms with E-state index in [1.807, 2.05) is 6.92 Å². The van der Waals surface area contributed by atoms with Crippen molar-refractivity contribution in [2.75, 3.05) is 30.3 Å². The summed E-state index contributed by atoms with van der Waals surface area (Å²) in [6, 6.07) is 0.319. The van der Waals surface area contributed by atoms with Crippen LogP contribution in [0.15, 0.2) is 0 Å². The Kier molecular flexibility index (Phi) is 7.64. The first kappa shape index (κ1) is 16.4. The van der Waals surface area contributed by atoms with Gasteiger partial charge in [-0.15, -0.1) is 0 Å². The summed E-state index contributed by atoms with van der Waals surface area (Å²) in [5.74, 6) is 1.01. The third-order valence-electron chi connectivity index (χ3n) is 2.50. The second-order valence-electron chi connectivity index (χ2n) is 4.54. The number of hydrogen-bond donors (Lipinski definition) is 3. The van der Waals surface area contributed by atoms with Gasteiger partial charge in [-0.3, -0.25) is 0 Å². The SMILES string of the molecule is CCCNc1nc(NCCCC(C)O)nc(OCC)n1. The molecule has 0 aliphatic carbocycles. The van der Waals surface area contributed by atoms with Gasteiger partial charge in [-0.05, 0) is 33.1 Å². The third kappa shape index (κ3) is 6.51. The molecule has 0 spiro atoms. The minimum absolute atomic E-state index is 0.282. The quantitative estimate of drug-likeness (QED) is 0.562. The zero-order valence-electron chi connectivity index (χ0n) is 12.5. The van der Waals surface area contributed by atoms with Crippen molar-refractivity contribution in [2.45, 2.75) is 46.1 Å². The van der Waals surface area contributed by atoms with E-state index in [9.17, 15) is 5.11 Å². The Hall–Kier alpha value is -1.63. The molecule has 0 radical (unpaired) electrons. The number of aromatic nitrogens is 3. The lowest BCUT2D eigenvalue weighted by molar-refractivity contribution is 0.183. The summed E-state index contributed by atoms with van der Waals surface area (Å²) in [6.45, 7) is 7.76. The maximum Gasteiger partial charge on any atom is 0.323 e. The fourth-order valence-electron chi connectivity index (χ4n) is 1.54. The van der Waals surface area contributed by atoms with Crippen LogP contribution >= 0.6 is 0 Å². The fourth-order valence-corrected chi connectivity index (χ4v) is 1.54. The highest BCUT2D eigenvalue weighted by Gasteiger charge is 2.06. The molecule has 0 aliphatic rings. The second-order valence-corrected chi connectivity index (χ2v) is 4.54. The highest BCUT2D eigenvalue weighted by atomic mass is 16.5. The molecule has 0 fully saturated rings. The topological polar surface area (TPSA) is 92.2 Å². The minimum Gasteiger partial charge on any atom is -0.464 e. The van der Waals surface area contributed by atoms with E-state index in [0.717, 1.165) is 25.8 Å². The Balaban J connectivity index is 2.60. The first-order chi connectivity index (χ1) is 9.65. The highest BCUT2D eigenvalue weighted by Crippen LogP contribution is 2.11. The summed E-state index contributed by atoms with van der Waals surface area (Å²) in [5, 5.41) is 15.4. The van der Waals surface area contributed by atoms with Gasteiger partial charge in [-0.25, -0.2) is 0 Å². The number of anilines is 2. The Bertz CT molecular complexity index is 387. The number of aliphatic hydroxyl groups excluding tert-OH is 1. The molecule has 0 amide bonds. The van der Waals surface area contributed by atoms with E-state index < -0.39 is 0 Å². The molecule has 0 aliphatic heterocycles. The van der Waals surface area contributed by atoms with Gasteiger partial charge in [0.25, 0.3) is 0 Å². The van der Waals surface area contributed by atoms with Crippen molar-refractivity contribution < 1.29 is 9.84 Å². The average molecular weight is 283 g/mol. The predicted molar refractivity (Wildman–Crippen MR) is 79.2 cm³/mol. The van der Waals surface area contributed by atoms with Crippen LogP contribution in [-0.2, 0) is 0 Å². The molecule has 114 valence electrons. The van der Waals surface area contributed by atoms with Crippen molar-refractivity contribution >= 4 is 11.9 Å². The van der Waals surface area contributed by atoms with Crippen LogP contribution in [0.1, 0.15) is 40.0 Å². The van der Waals surface area contributed by atoms with Gasteiger partial charge in [0.1, 0.15) is 0 Å². The molecule has 0 saturated carbocycles. The van der Waals surface area contributed by atoms with Crippen LogP contribution < -0.4 is 15.4 Å². The first-order valence-corrected chi connectivity index (χ1v) is 7.20. The van der Waals surface area contributed by atoms with Crippen LogP contribution in [0, 0.1) is 0 Å². The summed E-state index contributed by atoms with van der Waals surface area (Å²) in [5.41, 5.74) is 0. The first-order valence-electron chi connectivity index (χ1n) is 7.20. The van der Waals surface area contributed by atoms with Gasteiger partial charge in [0.05, 0.1) is 12.7 Å². The van der Waals surface area contributed by atoms with E-state index in [0.29, 0.717) is 31.1 Å². The lowest BCUT2D eigenvalue weighted by Crippen LogP contribution is -2.13. The van der Waals surface area contributed by atoms with E-state index in [-0.39, 0.29) is 6.10 Å². The largest absolute Gasteiger partial charge is 0.464 e. The molecular formula is C13H25N5O2. The lowest BCUT2D eigenvalue weighted by Gasteiger charge is -2.10. The van der Waals surface area contributed by atoms with Crippen molar-refractivity contribution in [3.05, 3.63) is 0 Å². The van der Waals surface area contributed by atoms with Gasteiger partial charge >= 0.3 is 6.01 Å². The third-order valence-corrected chi connectivity index (χ3v) is 2.50. The maximum absolute atomic E-state index is 9.21. The molecule has 0 saturated heterocycles. The Morgan fingerprint density at radius 1 is 1.10 bits per heavy atom. The minimum atomic E-state index is -0.282. The van der Waals surface area contributed by atoms with Crippen LogP contribution in [0.25, 0.3) is 0 Å². The van der Waals surface area contributed by atoms with Crippen LogP contribution in [0.3, 0.4) is 0 Å². The summed E-state index contributed by atoms with van der Waals surface area (Å²) in [6.07, 6.45) is 2.31. The Morgan fingerprint density at radius 2 is 1.75 bits per heavy atom. The number of ether oxygens (including phenoxy) is 1. The zero-order valence-corrected chi connectivity index (χ0v) is 12.5. The molecule has 1 unspecified atom stereocenters. The van der Waals surface area contributed by atoms with Crippen molar-refractivity contribution in [3.8, 4) is 6.01 Å². The van der Waals surface area contributed by atoms with Crippen LogP contribution in [-0.4, -0.2) is 45.9 Å². The number of rotatable bonds is 10. The number of hydrogen-bond acceptors (Lipinski definition) is 7. The molecule has 1 rings (SSSR count). The van der Waals surface area contributed by atoms with Crippen LogP contribution in [0.5, 0.6) is 6.01 Å². The monoisotopic (exact) mass is 283 g/mol. The van der Waals surface area contributed by atoms with E-state index in [1.165, 1.54) is 0 Å². The number of nitrogens with zero attached hydrogens (tertiary/aromatic N) is 3. The highest BCUT2D eigenvalue weighted by molar-refractivity contribution is 5.35. The van der Waals surface area contributed by atoms with Crippen molar-refractivity contribution in [1.82, 2.24) is 15.0 Å². The van der Waals surface area contributed by atoms with Gasteiger partial charge in [0, 0.05) is 13.1 Å². The number of nitrogens with one attached hydrogen (secondary N) is 2. The lowest BCUT2D eigenvalue weighted by atomic mass is 10.2. The standard InChI is InChI=1S/C13H25N5O2/c1-4-8-14-11-16-12(15-9-6-7-10(3)19)18-13(17-11)20-5-2/h10,19H,4-9H2,1-3H3,(H2,14,15,16,17,18). The van der Waals surface area contributed by atoms with Gasteiger partial charge < -0.3 is 20.5 Å². The van der Waals surface area contributed by atoms with E-state index in [1.54, 1.807) is 6.92 Å². The van der Waals surface area contributed by atoms with Crippen LogP contribution in [0.2, 0.25) is 0 Å². The molecule has 1 heterocycles. The van der Waals surface area contributed by atoms with E-state index in [2.05, 4.69) is 32.5 Å². The molecule has 20 heavy (non-hydrogen) atoms. The fraction of sp³-hybridized carbons (Fsp3) is 0.769. The van der Waals surface area contributed by atoms with Gasteiger partial charge in [-0.1, -0.05) is 6.92 Å². The van der Waals surface area contributed by atoms with Gasteiger partial charge in [0.15, 0.2) is 0 Å². The molecule has 1 aromatic rings. The Morgan fingerprint density at radius 3 is 2.30 bits per heavy atom. The zero-order chi connectivity index (χ0) is 14.8. The summed E-state index contributed by atoms with van der Waals surface area (Å²) in [4.78, 5) is 12.7. The summed E-state index contributed by atoms with van der Waals surface area (Å²) < 4.78 is 5.33. The van der Waals surface area contributed by atoms with E-state index in [4.69, 9.17) is 4.74 Å². The smallest absolute Gasteiger partial charge is 0.323 e. The molecule has 0 bridgehead atoms. The van der Waals surface area contributed by atoms with Crippen LogP contribution in [0.4, 0.5) is 11.9 Å². The van der Waals surface area contributed by atoms with Crippen molar-refractivity contribution in [2.24, 2.45) is 0 Å². The van der Waals surface area contributed by atoms with Gasteiger partial charge in [0.2, 0.25) is 11.9 Å². The molecule has 1 aromatic heterocycles. The second kappa shape index (κ2) is 9.30. The average Bonchev–Trinajstić information content (AvgIpc) is 2.41. The van der Waals surface area contributed by atoms with Gasteiger partial charge in [-0.2, -0.15) is 15.0 Å². The molecule has 0 aromatic carbocycles. The summed E-state index contributed by atoms with van der Waals surface area (Å²) >= 11 is 0. The van der Waals surface area contributed by atoms with Crippen molar-refractivity contribution in [3.63, 3.8) is 0 Å². The molecule has 7 heteroatoms. The number of aliphatic hydroxyl groups is 1. The van der Waals surface area contributed by atoms with Crippen molar-refractivity contribution in [1.29, 1.82) is 0 Å². The maximum atomic E-state index is 9.21. The molecule has 1 atom stereocenters. The molecule has 7 nitrogen and oxygen atoms in total. The molecule has 3 N–H and O–H groups in total. The van der Waals surface area contributed by atoms with E-state index >= 15 is 0 Å². The Labute approximate surface area is 120 Å². The molecular weight excluding hydrogens is 258 g/mol.